The third kappa shape index (κ3) is 3.96. The summed E-state index contributed by atoms with van der Waals surface area (Å²) in [5, 5.41) is 47.5. The largest absolute Gasteiger partial charge is 0.508 e. The van der Waals surface area contributed by atoms with Gasteiger partial charge in [-0.05, 0) is 38.4 Å². The third-order valence-corrected chi connectivity index (χ3v) is 8.25. The number of primary amides is 1. The van der Waals surface area contributed by atoms with Crippen molar-refractivity contribution in [1.82, 2.24) is 4.90 Å². The highest BCUT2D eigenvalue weighted by molar-refractivity contribution is 6.38. The van der Waals surface area contributed by atoms with Gasteiger partial charge in [0.15, 0.2) is 17.1 Å². The lowest BCUT2D eigenvalue weighted by Gasteiger charge is -2.50. The van der Waals surface area contributed by atoms with Crippen molar-refractivity contribution < 1.29 is 39.6 Å². The number of fused-ring (bicyclic) bond motifs is 3. The zero-order chi connectivity index (χ0) is 29.3. The molecule has 1 aromatic rings. The van der Waals surface area contributed by atoms with Gasteiger partial charge in [-0.1, -0.05) is 11.6 Å². The van der Waals surface area contributed by atoms with Crippen LogP contribution < -0.4 is 16.0 Å². The second kappa shape index (κ2) is 9.70. The Morgan fingerprint density at radius 1 is 1.15 bits per heavy atom. The van der Waals surface area contributed by atoms with Crippen LogP contribution in [-0.4, -0.2) is 94.4 Å². The zero-order valence-corrected chi connectivity index (χ0v) is 23.0. The van der Waals surface area contributed by atoms with E-state index in [0.717, 1.165) is 0 Å². The van der Waals surface area contributed by atoms with Crippen molar-refractivity contribution in [3.05, 3.63) is 33.1 Å². The van der Waals surface area contributed by atoms with Gasteiger partial charge in [0, 0.05) is 25.6 Å². The van der Waals surface area contributed by atoms with Gasteiger partial charge in [0.2, 0.25) is 11.7 Å². The number of phenolic OH excluding ortho intramolecular Hbond substituents is 1. The van der Waals surface area contributed by atoms with Gasteiger partial charge in [-0.2, -0.15) is 0 Å². The molecule has 4 rings (SSSR count). The maximum Gasteiger partial charge on any atom is 0.255 e. The smallest absolute Gasteiger partial charge is 0.255 e. The predicted molar refractivity (Wildman–Crippen MR) is 143 cm³/mol. The first kappa shape index (κ1) is 28.7. The first-order chi connectivity index (χ1) is 18.1. The number of aliphatic hydroxyl groups is 3. The Balaban J connectivity index is 2.02. The van der Waals surface area contributed by atoms with Gasteiger partial charge in [0.1, 0.15) is 28.7 Å². The molecule has 0 aromatic heterocycles. The number of halogens is 2. The first-order valence-electron chi connectivity index (χ1n) is 11.9. The number of anilines is 2. The van der Waals surface area contributed by atoms with Crippen LogP contribution in [0.2, 0.25) is 5.02 Å². The van der Waals surface area contributed by atoms with Crippen molar-refractivity contribution in [3.63, 3.8) is 0 Å². The van der Waals surface area contributed by atoms with Crippen LogP contribution in [0.3, 0.4) is 0 Å². The zero-order valence-electron chi connectivity index (χ0n) is 21.5. The molecule has 2 amide bonds. The van der Waals surface area contributed by atoms with E-state index in [2.05, 4.69) is 5.32 Å². The molecule has 14 heteroatoms. The van der Waals surface area contributed by atoms with E-state index < -0.39 is 75.6 Å². The average molecular weight is 583 g/mol. The van der Waals surface area contributed by atoms with Crippen LogP contribution in [0.15, 0.2) is 16.9 Å². The summed E-state index contributed by atoms with van der Waals surface area (Å²) < 4.78 is 0. The third-order valence-electron chi connectivity index (χ3n) is 7.63. The molecule has 0 radical (unpaired) electrons. The number of Topliss-reactive ketones (excluding diaryl/α,β-unsaturated/α-hetero) is 2. The highest BCUT2D eigenvalue weighted by atomic mass is 35.5. The molecule has 210 valence electrons. The Bertz CT molecular complexity index is 1400. The summed E-state index contributed by atoms with van der Waals surface area (Å²) in [4.78, 5) is 54.3. The molecule has 1 saturated carbocycles. The average Bonchev–Trinajstić information content (AvgIpc) is 2.83. The summed E-state index contributed by atoms with van der Waals surface area (Å²) in [6, 6.07) is -1.19. The maximum atomic E-state index is 13.9. The van der Waals surface area contributed by atoms with E-state index >= 15 is 0 Å². The summed E-state index contributed by atoms with van der Waals surface area (Å²) in [6.45, 7) is 0. The van der Waals surface area contributed by atoms with Crippen LogP contribution in [-0.2, 0) is 25.6 Å². The van der Waals surface area contributed by atoms with Gasteiger partial charge in [0.25, 0.3) is 5.91 Å². The Morgan fingerprint density at radius 3 is 2.28 bits per heavy atom. The topological polar surface area (TPSA) is 194 Å². The molecule has 0 saturated heterocycles. The van der Waals surface area contributed by atoms with Gasteiger partial charge < -0.3 is 36.4 Å². The molecule has 7 N–H and O–H groups in total. The number of ketones is 2. The number of nitrogens with zero attached hydrogens (tertiary/aromatic N) is 2. The number of hydrogen-bond donors (Lipinski definition) is 6. The number of nitrogens with one attached hydrogen (secondary N) is 1. The van der Waals surface area contributed by atoms with Crippen LogP contribution in [0.4, 0.5) is 11.4 Å². The number of alkyl halides is 1. The molecule has 0 aliphatic heterocycles. The lowest BCUT2D eigenvalue weighted by atomic mass is 9.57. The van der Waals surface area contributed by atoms with E-state index in [1.807, 2.05) is 0 Å². The number of amides is 2. The van der Waals surface area contributed by atoms with Crippen molar-refractivity contribution in [3.8, 4) is 5.75 Å². The molecular weight excluding hydrogens is 555 g/mol. The minimum Gasteiger partial charge on any atom is -0.508 e. The maximum absolute atomic E-state index is 13.9. The fourth-order valence-corrected chi connectivity index (χ4v) is 6.57. The number of nitrogens with two attached hydrogens (primary N) is 1. The number of benzene rings is 1. The summed E-state index contributed by atoms with van der Waals surface area (Å²) in [5.41, 5.74) is 1.61. The number of aliphatic hydroxyl groups excluding tert-OH is 2. The Kier molecular flexibility index (Phi) is 7.13. The highest BCUT2D eigenvalue weighted by Crippen LogP contribution is 2.56. The monoisotopic (exact) mass is 582 g/mol. The van der Waals surface area contributed by atoms with E-state index in [4.69, 9.17) is 28.9 Å². The van der Waals surface area contributed by atoms with Gasteiger partial charge >= 0.3 is 0 Å². The molecular formula is C25H28Cl2N4O8. The molecule has 39 heavy (non-hydrogen) atoms. The normalized spacial score (nSPS) is 26.3. The van der Waals surface area contributed by atoms with Gasteiger partial charge in [-0.15, -0.1) is 11.6 Å². The van der Waals surface area contributed by atoms with Crippen LogP contribution in [0.1, 0.15) is 17.5 Å². The molecule has 4 atom stereocenters. The molecule has 3 unspecified atom stereocenters. The Morgan fingerprint density at radius 2 is 1.77 bits per heavy atom. The van der Waals surface area contributed by atoms with Crippen molar-refractivity contribution in [2.24, 2.45) is 17.6 Å². The standard InChI is InChI=1S/C25H28Cl2N4O8/c1-30(2)17-9-5-8-6-10-18(31(3)4)21(35)14(24(28)38)23(37)25(10,39)22(36)12(8)19(33)13(9)20(34)16(15(17)27)29-11(32)7-26/h8,10,18,33-34,37,39H,5-7H2,1-4H3,(H2,28,38)(H,29,32)/t8?,10?,18-,25?/m0/s1. The van der Waals surface area contributed by atoms with Crippen molar-refractivity contribution in [1.29, 1.82) is 0 Å². The minimum absolute atomic E-state index is 0.0321. The number of hydrogen-bond acceptors (Lipinski definition) is 10. The lowest BCUT2D eigenvalue weighted by molar-refractivity contribution is -0.153. The molecule has 0 heterocycles. The summed E-state index contributed by atoms with van der Waals surface area (Å²) >= 11 is 12.2. The second-order valence-corrected chi connectivity index (χ2v) is 10.9. The number of rotatable bonds is 5. The van der Waals surface area contributed by atoms with Crippen LogP contribution in [0, 0.1) is 11.8 Å². The fraction of sp³-hybridized carbons (Fsp3) is 0.440. The Hall–Kier alpha value is -3.32. The molecule has 3 aliphatic carbocycles. The molecule has 0 bridgehead atoms. The SMILES string of the molecule is CN(C)c1c(Cl)c(NC(=O)CCl)c(O)c2c1CC1CC3[C@H](N(C)C)C(=O)C(C(N)=O)=C(O)C3(O)C(=O)C1=C2O. The molecule has 12 nitrogen and oxygen atoms in total. The quantitative estimate of drug-likeness (QED) is 0.165. The van der Waals surface area contributed by atoms with E-state index in [9.17, 15) is 39.6 Å². The minimum atomic E-state index is -2.76. The predicted octanol–water partition coefficient (Wildman–Crippen LogP) is 0.861. The summed E-state index contributed by atoms with van der Waals surface area (Å²) in [6.07, 6.45) is -0.0270. The summed E-state index contributed by atoms with van der Waals surface area (Å²) in [5.74, 6) is -8.94. The van der Waals surface area contributed by atoms with Gasteiger partial charge in [-0.3, -0.25) is 24.1 Å². The van der Waals surface area contributed by atoms with E-state index in [-0.39, 0.29) is 34.7 Å². The Labute approximate surface area is 233 Å². The van der Waals surface area contributed by atoms with Crippen LogP contribution in [0.5, 0.6) is 5.75 Å². The first-order valence-corrected chi connectivity index (χ1v) is 12.8. The van der Waals surface area contributed by atoms with Crippen molar-refractivity contribution >= 4 is 63.7 Å². The van der Waals surface area contributed by atoms with E-state index in [0.29, 0.717) is 11.3 Å². The van der Waals surface area contributed by atoms with Crippen LogP contribution in [0.25, 0.3) is 5.76 Å². The van der Waals surface area contributed by atoms with Gasteiger partial charge in [-0.25, -0.2) is 0 Å². The van der Waals surface area contributed by atoms with E-state index in [1.54, 1.807) is 19.0 Å². The number of phenols is 1. The summed E-state index contributed by atoms with van der Waals surface area (Å²) in [7, 11) is 6.35. The number of carbonyl (C=O) groups is 4. The van der Waals surface area contributed by atoms with Gasteiger partial charge in [0.05, 0.1) is 22.3 Å². The van der Waals surface area contributed by atoms with Crippen molar-refractivity contribution in [2.75, 3.05) is 44.3 Å². The second-order valence-electron chi connectivity index (χ2n) is 10.3. The highest BCUT2D eigenvalue weighted by Gasteiger charge is 2.64. The number of likely N-dealkylation sites (N-methyl/N-ethyl adjacent to an activating group) is 1. The number of aromatic hydroxyl groups is 1. The fourth-order valence-electron chi connectivity index (χ4n) is 6.08. The van der Waals surface area contributed by atoms with Crippen molar-refractivity contribution in [2.45, 2.75) is 24.5 Å². The molecule has 1 aromatic carbocycles. The lowest BCUT2D eigenvalue weighted by Crippen LogP contribution is -2.65. The molecule has 1 fully saturated rings. The molecule has 3 aliphatic rings. The van der Waals surface area contributed by atoms with Crippen LogP contribution >= 0.6 is 23.2 Å². The number of carbonyl (C=O) groups excluding carboxylic acids is 4. The van der Waals surface area contributed by atoms with E-state index in [1.165, 1.54) is 19.0 Å². The molecule has 0 spiro atoms.